The van der Waals surface area contributed by atoms with Gasteiger partial charge in [0.25, 0.3) is 0 Å². The van der Waals surface area contributed by atoms with E-state index in [0.717, 1.165) is 34.9 Å². The normalized spacial score (nSPS) is 10.8. The van der Waals surface area contributed by atoms with Gasteiger partial charge in [-0.1, -0.05) is 32.0 Å². The Morgan fingerprint density at radius 3 is 2.53 bits per heavy atom. The van der Waals surface area contributed by atoms with Crippen LogP contribution in [0.4, 0.5) is 0 Å². The third kappa shape index (κ3) is 1.67. The molecule has 0 radical (unpaired) electrons. The minimum absolute atomic E-state index is 0.250. The average Bonchev–Trinajstić information content (AvgIpc) is 2.27. The van der Waals surface area contributed by atoms with E-state index in [4.69, 9.17) is 4.42 Å². The predicted octanol–water partition coefficient (Wildman–Crippen LogP) is 2.92. The minimum Gasteiger partial charge on any atom is -0.422 e. The van der Waals surface area contributed by atoms with Crippen LogP contribution in [0.3, 0.4) is 0 Å². The van der Waals surface area contributed by atoms with Gasteiger partial charge in [0, 0.05) is 11.5 Å². The van der Waals surface area contributed by atoms with E-state index in [-0.39, 0.29) is 5.63 Å². The molecule has 2 nitrogen and oxygen atoms in total. The molecule has 0 bridgehead atoms. The first-order valence-corrected chi connectivity index (χ1v) is 5.31. The Morgan fingerprint density at radius 2 is 1.87 bits per heavy atom. The van der Waals surface area contributed by atoms with Crippen LogP contribution in [0.25, 0.3) is 11.0 Å². The molecule has 15 heavy (non-hydrogen) atoms. The zero-order valence-corrected chi connectivity index (χ0v) is 9.04. The van der Waals surface area contributed by atoms with Gasteiger partial charge in [0.1, 0.15) is 5.58 Å². The fourth-order valence-electron chi connectivity index (χ4n) is 1.88. The monoisotopic (exact) mass is 202 g/mol. The van der Waals surface area contributed by atoms with Crippen LogP contribution in [0.2, 0.25) is 0 Å². The molecule has 0 saturated heterocycles. The Morgan fingerprint density at radius 1 is 1.13 bits per heavy atom. The molecule has 0 fully saturated rings. The van der Waals surface area contributed by atoms with Crippen LogP contribution < -0.4 is 5.63 Å². The zero-order chi connectivity index (χ0) is 10.8. The molecule has 0 N–H and O–H groups in total. The SMILES string of the molecule is CCc1cc(=O)oc2c(CC)cccc12. The molecular formula is C13H14O2. The van der Waals surface area contributed by atoms with Gasteiger partial charge < -0.3 is 4.42 Å². The van der Waals surface area contributed by atoms with Gasteiger partial charge in [0.15, 0.2) is 0 Å². The first-order chi connectivity index (χ1) is 7.26. The van der Waals surface area contributed by atoms with Crippen LogP contribution in [0, 0.1) is 0 Å². The molecule has 0 amide bonds. The summed E-state index contributed by atoms with van der Waals surface area (Å²) in [6.45, 7) is 4.11. The van der Waals surface area contributed by atoms with Crippen LogP contribution in [-0.2, 0) is 12.8 Å². The first kappa shape index (κ1) is 9.97. The molecule has 1 aromatic carbocycles. The number of benzene rings is 1. The topological polar surface area (TPSA) is 30.2 Å². The summed E-state index contributed by atoms with van der Waals surface area (Å²) < 4.78 is 5.27. The fraction of sp³-hybridized carbons (Fsp3) is 0.308. The summed E-state index contributed by atoms with van der Waals surface area (Å²) in [5.74, 6) is 0. The zero-order valence-electron chi connectivity index (χ0n) is 9.04. The molecule has 2 rings (SSSR count). The van der Waals surface area contributed by atoms with E-state index in [9.17, 15) is 4.79 Å². The second-order valence-corrected chi connectivity index (χ2v) is 3.59. The van der Waals surface area contributed by atoms with Gasteiger partial charge in [-0.05, 0) is 24.0 Å². The van der Waals surface area contributed by atoms with E-state index in [1.165, 1.54) is 0 Å². The van der Waals surface area contributed by atoms with E-state index in [1.54, 1.807) is 6.07 Å². The Labute approximate surface area is 88.5 Å². The molecule has 0 aliphatic carbocycles. The standard InChI is InChI=1S/C13H14O2/c1-3-9-6-5-7-11-10(4-2)8-12(14)15-13(9)11/h5-8H,3-4H2,1-2H3. The lowest BCUT2D eigenvalue weighted by atomic mass is 10.0. The van der Waals surface area contributed by atoms with Crippen LogP contribution in [0.5, 0.6) is 0 Å². The summed E-state index contributed by atoms with van der Waals surface area (Å²) in [5.41, 5.74) is 2.67. The van der Waals surface area contributed by atoms with Gasteiger partial charge in [0.2, 0.25) is 0 Å². The lowest BCUT2D eigenvalue weighted by molar-refractivity contribution is 0.555. The van der Waals surface area contributed by atoms with Gasteiger partial charge in [0.05, 0.1) is 0 Å². The summed E-state index contributed by atoms with van der Waals surface area (Å²) in [5, 5.41) is 1.07. The Kier molecular flexibility index (Phi) is 2.58. The largest absolute Gasteiger partial charge is 0.422 e. The molecule has 0 spiro atoms. The second-order valence-electron chi connectivity index (χ2n) is 3.59. The third-order valence-electron chi connectivity index (χ3n) is 2.70. The predicted molar refractivity (Wildman–Crippen MR) is 61.2 cm³/mol. The number of hydrogen-bond donors (Lipinski definition) is 0. The van der Waals surface area contributed by atoms with E-state index < -0.39 is 0 Å². The number of aryl methyl sites for hydroxylation is 2. The van der Waals surface area contributed by atoms with Crippen molar-refractivity contribution in [3.8, 4) is 0 Å². The maximum atomic E-state index is 11.4. The van der Waals surface area contributed by atoms with Crippen molar-refractivity contribution < 1.29 is 4.42 Å². The van der Waals surface area contributed by atoms with Crippen molar-refractivity contribution in [1.82, 2.24) is 0 Å². The van der Waals surface area contributed by atoms with Crippen molar-refractivity contribution in [3.63, 3.8) is 0 Å². The Hall–Kier alpha value is -1.57. The first-order valence-electron chi connectivity index (χ1n) is 5.31. The number of para-hydroxylation sites is 1. The highest BCUT2D eigenvalue weighted by Gasteiger charge is 2.06. The molecule has 2 heteroatoms. The molecule has 1 heterocycles. The van der Waals surface area contributed by atoms with E-state index in [2.05, 4.69) is 6.92 Å². The van der Waals surface area contributed by atoms with Crippen molar-refractivity contribution in [2.75, 3.05) is 0 Å². The highest BCUT2D eigenvalue weighted by Crippen LogP contribution is 2.21. The second kappa shape index (κ2) is 3.89. The van der Waals surface area contributed by atoms with Gasteiger partial charge in [-0.25, -0.2) is 4.79 Å². The molecule has 2 aromatic rings. The molecule has 0 aliphatic heterocycles. The highest BCUT2D eigenvalue weighted by atomic mass is 16.4. The van der Waals surface area contributed by atoms with E-state index in [1.807, 2.05) is 25.1 Å². The van der Waals surface area contributed by atoms with Crippen molar-refractivity contribution in [1.29, 1.82) is 0 Å². The van der Waals surface area contributed by atoms with Crippen LogP contribution >= 0.6 is 0 Å². The minimum atomic E-state index is -0.250. The van der Waals surface area contributed by atoms with Crippen molar-refractivity contribution in [3.05, 3.63) is 45.8 Å². The van der Waals surface area contributed by atoms with Crippen LogP contribution in [0.1, 0.15) is 25.0 Å². The molecule has 0 saturated carbocycles. The van der Waals surface area contributed by atoms with Gasteiger partial charge >= 0.3 is 5.63 Å². The van der Waals surface area contributed by atoms with Crippen molar-refractivity contribution in [2.24, 2.45) is 0 Å². The number of fused-ring (bicyclic) bond motifs is 1. The molecule has 0 atom stereocenters. The van der Waals surface area contributed by atoms with Gasteiger partial charge in [-0.2, -0.15) is 0 Å². The Bertz CT molecular complexity index is 538. The molecule has 0 unspecified atom stereocenters. The highest BCUT2D eigenvalue weighted by molar-refractivity contribution is 5.83. The summed E-state index contributed by atoms with van der Waals surface area (Å²) in [6.07, 6.45) is 1.74. The van der Waals surface area contributed by atoms with Crippen LogP contribution in [0.15, 0.2) is 33.5 Å². The number of hydrogen-bond acceptors (Lipinski definition) is 2. The summed E-state index contributed by atoms with van der Waals surface area (Å²) >= 11 is 0. The van der Waals surface area contributed by atoms with Gasteiger partial charge in [-0.3, -0.25) is 0 Å². The fourth-order valence-corrected chi connectivity index (χ4v) is 1.88. The third-order valence-corrected chi connectivity index (χ3v) is 2.70. The van der Waals surface area contributed by atoms with Crippen LogP contribution in [-0.4, -0.2) is 0 Å². The van der Waals surface area contributed by atoms with Gasteiger partial charge in [-0.15, -0.1) is 0 Å². The molecule has 78 valence electrons. The molecule has 1 aromatic heterocycles. The van der Waals surface area contributed by atoms with Crippen molar-refractivity contribution >= 4 is 11.0 Å². The Balaban J connectivity index is 2.88. The smallest absolute Gasteiger partial charge is 0.336 e. The van der Waals surface area contributed by atoms with E-state index in [0.29, 0.717) is 0 Å². The van der Waals surface area contributed by atoms with E-state index >= 15 is 0 Å². The molecular weight excluding hydrogens is 188 g/mol. The lowest BCUT2D eigenvalue weighted by Gasteiger charge is -2.05. The summed E-state index contributed by atoms with van der Waals surface area (Å²) in [6, 6.07) is 7.61. The average molecular weight is 202 g/mol. The maximum Gasteiger partial charge on any atom is 0.336 e. The lowest BCUT2D eigenvalue weighted by Crippen LogP contribution is -2.01. The van der Waals surface area contributed by atoms with Crippen molar-refractivity contribution in [2.45, 2.75) is 26.7 Å². The summed E-state index contributed by atoms with van der Waals surface area (Å²) in [7, 11) is 0. The maximum absolute atomic E-state index is 11.4. The quantitative estimate of drug-likeness (QED) is 0.701. The number of rotatable bonds is 2. The summed E-state index contributed by atoms with van der Waals surface area (Å²) in [4.78, 5) is 11.4. The molecule has 0 aliphatic rings.